The molecule has 1 unspecified atom stereocenters. The Morgan fingerprint density at radius 3 is 2.68 bits per heavy atom. The Kier molecular flexibility index (Phi) is 5.20. The molecule has 3 nitrogen and oxygen atoms in total. The van der Waals surface area contributed by atoms with E-state index < -0.39 is 0 Å². The molecule has 1 N–H and O–H groups in total. The Balaban J connectivity index is 2.10. The van der Waals surface area contributed by atoms with Crippen LogP contribution in [0.25, 0.3) is 0 Å². The van der Waals surface area contributed by atoms with E-state index in [-0.39, 0.29) is 0 Å². The molecule has 0 aliphatic heterocycles. The molecule has 19 heavy (non-hydrogen) atoms. The summed E-state index contributed by atoms with van der Waals surface area (Å²) in [5.74, 6) is 2.49. The maximum absolute atomic E-state index is 5.56. The van der Waals surface area contributed by atoms with Gasteiger partial charge in [-0.15, -0.1) is 0 Å². The molecule has 1 atom stereocenters. The molecule has 0 spiro atoms. The summed E-state index contributed by atoms with van der Waals surface area (Å²) >= 11 is 0. The molecular formula is C16H26N2O. The molecule has 3 heteroatoms. The van der Waals surface area contributed by atoms with Crippen molar-refractivity contribution in [3.8, 4) is 5.75 Å². The summed E-state index contributed by atoms with van der Waals surface area (Å²) in [6.07, 6.45) is 9.09. The second-order valence-corrected chi connectivity index (χ2v) is 5.67. The third-order valence-corrected chi connectivity index (χ3v) is 4.25. The van der Waals surface area contributed by atoms with Crippen LogP contribution in [-0.2, 0) is 0 Å². The van der Waals surface area contributed by atoms with Gasteiger partial charge in [0.15, 0.2) is 0 Å². The highest BCUT2D eigenvalue weighted by Gasteiger charge is 2.26. The number of nitrogens with one attached hydrogen (secondary N) is 1. The minimum Gasteiger partial charge on any atom is -0.492 e. The van der Waals surface area contributed by atoms with E-state index in [0.29, 0.717) is 12.6 Å². The first kappa shape index (κ1) is 14.3. The van der Waals surface area contributed by atoms with E-state index in [1.54, 1.807) is 6.20 Å². The van der Waals surface area contributed by atoms with Crippen LogP contribution in [0.1, 0.15) is 51.1 Å². The molecule has 1 aliphatic rings. The van der Waals surface area contributed by atoms with Crippen LogP contribution in [0.4, 0.5) is 0 Å². The molecule has 1 heterocycles. The van der Waals surface area contributed by atoms with Gasteiger partial charge in [-0.05, 0) is 50.3 Å². The third-order valence-electron chi connectivity index (χ3n) is 4.25. The van der Waals surface area contributed by atoms with Crippen molar-refractivity contribution in [2.75, 3.05) is 13.7 Å². The van der Waals surface area contributed by atoms with Crippen molar-refractivity contribution in [3.05, 3.63) is 24.0 Å². The molecule has 0 bridgehead atoms. The fraction of sp³-hybridized carbons (Fsp3) is 0.688. The van der Waals surface area contributed by atoms with E-state index in [0.717, 1.165) is 17.6 Å². The molecule has 1 aromatic rings. The standard InChI is InChI=1S/C16H26N2O/c1-4-19-15-9-14(10-18-11-15)16(17-3)13-7-5-12(2)6-8-13/h9-13,16-17H,4-8H2,1-3H3. The van der Waals surface area contributed by atoms with E-state index in [1.807, 2.05) is 13.1 Å². The van der Waals surface area contributed by atoms with Gasteiger partial charge in [0.25, 0.3) is 0 Å². The van der Waals surface area contributed by atoms with Crippen molar-refractivity contribution in [2.45, 2.75) is 45.6 Å². The van der Waals surface area contributed by atoms with E-state index in [9.17, 15) is 0 Å². The molecule has 1 aromatic heterocycles. The predicted molar refractivity (Wildman–Crippen MR) is 78.3 cm³/mol. The Hall–Kier alpha value is -1.09. The molecule has 1 saturated carbocycles. The van der Waals surface area contributed by atoms with E-state index in [1.165, 1.54) is 31.2 Å². The second kappa shape index (κ2) is 6.90. The SMILES string of the molecule is CCOc1cncc(C(NC)C2CCC(C)CC2)c1. The molecule has 0 aromatic carbocycles. The van der Waals surface area contributed by atoms with Gasteiger partial charge in [0.2, 0.25) is 0 Å². The van der Waals surface area contributed by atoms with Crippen LogP contribution in [0.3, 0.4) is 0 Å². The summed E-state index contributed by atoms with van der Waals surface area (Å²) in [4.78, 5) is 4.32. The van der Waals surface area contributed by atoms with Gasteiger partial charge in [-0.2, -0.15) is 0 Å². The highest BCUT2D eigenvalue weighted by Crippen LogP contribution is 2.36. The van der Waals surface area contributed by atoms with Crippen molar-refractivity contribution in [3.63, 3.8) is 0 Å². The van der Waals surface area contributed by atoms with Crippen LogP contribution in [0.2, 0.25) is 0 Å². The lowest BCUT2D eigenvalue weighted by atomic mass is 9.77. The zero-order chi connectivity index (χ0) is 13.7. The molecule has 0 radical (unpaired) electrons. The number of ether oxygens (including phenoxy) is 1. The number of rotatable bonds is 5. The summed E-state index contributed by atoms with van der Waals surface area (Å²) in [5.41, 5.74) is 1.26. The first-order valence-electron chi connectivity index (χ1n) is 7.49. The van der Waals surface area contributed by atoms with Gasteiger partial charge in [-0.25, -0.2) is 0 Å². The zero-order valence-corrected chi connectivity index (χ0v) is 12.4. The monoisotopic (exact) mass is 262 g/mol. The molecule has 106 valence electrons. The molecule has 0 amide bonds. The van der Waals surface area contributed by atoms with E-state index in [2.05, 4.69) is 30.3 Å². The van der Waals surface area contributed by atoms with Gasteiger partial charge in [0, 0.05) is 12.2 Å². The average Bonchev–Trinajstić information content (AvgIpc) is 2.43. The van der Waals surface area contributed by atoms with Crippen molar-refractivity contribution >= 4 is 0 Å². The first-order chi connectivity index (χ1) is 9.24. The van der Waals surface area contributed by atoms with Crippen LogP contribution >= 0.6 is 0 Å². The van der Waals surface area contributed by atoms with Crippen molar-refractivity contribution in [1.29, 1.82) is 0 Å². The maximum atomic E-state index is 5.56. The summed E-state index contributed by atoms with van der Waals surface area (Å²) in [6.45, 7) is 5.06. The van der Waals surface area contributed by atoms with Crippen molar-refractivity contribution < 1.29 is 4.74 Å². The first-order valence-corrected chi connectivity index (χ1v) is 7.49. The zero-order valence-electron chi connectivity index (χ0n) is 12.4. The summed E-state index contributed by atoms with van der Waals surface area (Å²) in [7, 11) is 2.05. The number of aromatic nitrogens is 1. The van der Waals surface area contributed by atoms with Gasteiger partial charge in [-0.1, -0.05) is 19.8 Å². The summed E-state index contributed by atoms with van der Waals surface area (Å²) in [5, 5.41) is 3.48. The lowest BCUT2D eigenvalue weighted by molar-refractivity contribution is 0.237. The number of hydrogen-bond acceptors (Lipinski definition) is 3. The lowest BCUT2D eigenvalue weighted by Gasteiger charge is -2.32. The van der Waals surface area contributed by atoms with Crippen LogP contribution < -0.4 is 10.1 Å². The maximum Gasteiger partial charge on any atom is 0.137 e. The van der Waals surface area contributed by atoms with Crippen LogP contribution in [0.15, 0.2) is 18.5 Å². The van der Waals surface area contributed by atoms with Gasteiger partial charge in [-0.3, -0.25) is 4.98 Å². The summed E-state index contributed by atoms with van der Waals surface area (Å²) in [6, 6.07) is 2.54. The van der Waals surface area contributed by atoms with Crippen molar-refractivity contribution in [2.24, 2.45) is 11.8 Å². The highest BCUT2D eigenvalue weighted by atomic mass is 16.5. The number of hydrogen-bond donors (Lipinski definition) is 1. The van der Waals surface area contributed by atoms with Crippen LogP contribution in [0.5, 0.6) is 5.75 Å². The van der Waals surface area contributed by atoms with E-state index >= 15 is 0 Å². The van der Waals surface area contributed by atoms with Crippen LogP contribution in [-0.4, -0.2) is 18.6 Å². The van der Waals surface area contributed by atoms with Crippen LogP contribution in [0, 0.1) is 11.8 Å². The molecule has 1 aliphatic carbocycles. The normalized spacial score (nSPS) is 25.0. The third kappa shape index (κ3) is 3.69. The second-order valence-electron chi connectivity index (χ2n) is 5.67. The van der Waals surface area contributed by atoms with Gasteiger partial charge >= 0.3 is 0 Å². The Labute approximate surface area is 116 Å². The highest BCUT2D eigenvalue weighted by molar-refractivity contribution is 5.26. The Morgan fingerprint density at radius 1 is 1.32 bits per heavy atom. The van der Waals surface area contributed by atoms with Gasteiger partial charge in [0.05, 0.1) is 12.8 Å². The average molecular weight is 262 g/mol. The topological polar surface area (TPSA) is 34.1 Å². The Morgan fingerprint density at radius 2 is 2.05 bits per heavy atom. The Bertz CT molecular complexity index is 386. The van der Waals surface area contributed by atoms with Gasteiger partial charge in [0.1, 0.15) is 5.75 Å². The van der Waals surface area contributed by atoms with Crippen molar-refractivity contribution in [1.82, 2.24) is 10.3 Å². The van der Waals surface area contributed by atoms with Gasteiger partial charge < -0.3 is 10.1 Å². The lowest BCUT2D eigenvalue weighted by Crippen LogP contribution is -2.28. The summed E-state index contributed by atoms with van der Waals surface area (Å²) < 4.78 is 5.56. The quantitative estimate of drug-likeness (QED) is 0.881. The largest absolute Gasteiger partial charge is 0.492 e. The molecule has 0 saturated heterocycles. The van der Waals surface area contributed by atoms with E-state index in [4.69, 9.17) is 4.74 Å². The minimum atomic E-state index is 0.403. The fourth-order valence-electron chi connectivity index (χ4n) is 3.15. The number of pyridine rings is 1. The predicted octanol–water partition coefficient (Wildman–Crippen LogP) is 3.57. The molecule has 2 rings (SSSR count). The fourth-order valence-corrected chi connectivity index (χ4v) is 3.15. The molecule has 1 fully saturated rings. The smallest absolute Gasteiger partial charge is 0.137 e. The number of nitrogens with zero attached hydrogens (tertiary/aromatic N) is 1. The molecular weight excluding hydrogens is 236 g/mol. The minimum absolute atomic E-state index is 0.403.